The Morgan fingerprint density at radius 3 is 2.80 bits per heavy atom. The number of hydrogen-bond acceptors (Lipinski definition) is 2. The summed E-state index contributed by atoms with van der Waals surface area (Å²) in [5.41, 5.74) is 2.27. The van der Waals surface area contributed by atoms with E-state index in [1.165, 1.54) is 5.56 Å². The van der Waals surface area contributed by atoms with Crippen LogP contribution in [0.4, 0.5) is 0 Å². The molecule has 1 N–H and O–H groups in total. The first kappa shape index (κ1) is 15.3. The van der Waals surface area contributed by atoms with E-state index < -0.39 is 0 Å². The molecule has 2 aromatic rings. The van der Waals surface area contributed by atoms with Gasteiger partial charge >= 0.3 is 0 Å². The molecule has 4 heteroatoms. The van der Waals surface area contributed by atoms with Crippen LogP contribution >= 0.6 is 23.2 Å². The summed E-state index contributed by atoms with van der Waals surface area (Å²) in [5.74, 6) is 0. The second kappa shape index (κ2) is 7.63. The van der Waals surface area contributed by atoms with Gasteiger partial charge in [-0.25, -0.2) is 0 Å². The summed E-state index contributed by atoms with van der Waals surface area (Å²) in [6, 6.07) is 10.1. The molecule has 0 aliphatic rings. The van der Waals surface area contributed by atoms with Crippen LogP contribution in [0, 0.1) is 0 Å². The molecule has 0 radical (unpaired) electrons. The minimum atomic E-state index is 0.170. The first-order valence-electron chi connectivity index (χ1n) is 6.78. The normalized spacial score (nSPS) is 12.3. The molecule has 1 atom stereocenters. The lowest BCUT2D eigenvalue weighted by atomic mass is 9.99. The summed E-state index contributed by atoms with van der Waals surface area (Å²) in [5, 5.41) is 5.00. The highest BCUT2D eigenvalue weighted by Gasteiger charge is 2.14. The van der Waals surface area contributed by atoms with Crippen LogP contribution in [0.25, 0.3) is 0 Å². The Kier molecular flexibility index (Phi) is 5.84. The van der Waals surface area contributed by atoms with E-state index in [9.17, 15) is 0 Å². The maximum atomic E-state index is 6.27. The molecular weight excluding hydrogens is 291 g/mol. The predicted molar refractivity (Wildman–Crippen MR) is 85.4 cm³/mol. The molecule has 0 fully saturated rings. The van der Waals surface area contributed by atoms with Gasteiger partial charge in [-0.05, 0) is 48.7 Å². The summed E-state index contributed by atoms with van der Waals surface area (Å²) in [6.07, 6.45) is 5.40. The molecule has 0 aliphatic heterocycles. The van der Waals surface area contributed by atoms with Crippen LogP contribution < -0.4 is 5.32 Å². The molecular formula is C16H18Cl2N2. The lowest BCUT2D eigenvalue weighted by molar-refractivity contribution is 0.529. The number of hydrogen-bond donors (Lipinski definition) is 1. The van der Waals surface area contributed by atoms with Crippen molar-refractivity contribution in [2.24, 2.45) is 0 Å². The fourth-order valence-corrected chi connectivity index (χ4v) is 2.64. The lowest BCUT2D eigenvalue weighted by Gasteiger charge is -2.20. The van der Waals surface area contributed by atoms with Gasteiger partial charge in [0.1, 0.15) is 0 Å². The molecule has 0 amide bonds. The molecule has 1 aromatic carbocycles. The number of nitrogens with one attached hydrogen (secondary N) is 1. The van der Waals surface area contributed by atoms with Crippen molar-refractivity contribution in [1.29, 1.82) is 0 Å². The molecule has 2 rings (SSSR count). The zero-order chi connectivity index (χ0) is 14.4. The van der Waals surface area contributed by atoms with Crippen molar-refractivity contribution in [1.82, 2.24) is 10.3 Å². The largest absolute Gasteiger partial charge is 0.310 e. The third kappa shape index (κ3) is 4.20. The van der Waals surface area contributed by atoms with Gasteiger partial charge in [0.2, 0.25) is 0 Å². The fraction of sp³-hybridized carbons (Fsp3) is 0.312. The van der Waals surface area contributed by atoms with Gasteiger partial charge < -0.3 is 5.32 Å². The summed E-state index contributed by atoms with van der Waals surface area (Å²) >= 11 is 12.3. The summed E-state index contributed by atoms with van der Waals surface area (Å²) in [6.45, 7) is 3.10. The van der Waals surface area contributed by atoms with Gasteiger partial charge in [0.05, 0.1) is 5.02 Å². The average molecular weight is 309 g/mol. The number of nitrogens with zero attached hydrogens (tertiary/aromatic N) is 1. The molecule has 2 nitrogen and oxygen atoms in total. The quantitative estimate of drug-likeness (QED) is 0.838. The molecule has 0 saturated heterocycles. The monoisotopic (exact) mass is 308 g/mol. The Bertz CT molecular complexity index is 558. The Hall–Kier alpha value is -1.09. The smallest absolute Gasteiger partial charge is 0.0637 e. The van der Waals surface area contributed by atoms with Crippen LogP contribution in [0.3, 0.4) is 0 Å². The van der Waals surface area contributed by atoms with E-state index in [2.05, 4.69) is 23.3 Å². The van der Waals surface area contributed by atoms with Crippen LogP contribution in [-0.2, 0) is 6.42 Å². The van der Waals surface area contributed by atoms with Crippen molar-refractivity contribution in [2.45, 2.75) is 25.8 Å². The third-order valence-corrected chi connectivity index (χ3v) is 3.70. The molecule has 0 bridgehead atoms. The predicted octanol–water partition coefficient (Wildman–Crippen LogP) is 4.67. The van der Waals surface area contributed by atoms with Gasteiger partial charge in [0, 0.05) is 23.5 Å². The first-order valence-corrected chi connectivity index (χ1v) is 7.53. The molecule has 0 spiro atoms. The van der Waals surface area contributed by atoms with E-state index >= 15 is 0 Å². The van der Waals surface area contributed by atoms with Gasteiger partial charge in [-0.2, -0.15) is 0 Å². The van der Waals surface area contributed by atoms with Crippen molar-refractivity contribution < 1.29 is 0 Å². The minimum absolute atomic E-state index is 0.170. The van der Waals surface area contributed by atoms with Gasteiger partial charge in [0.25, 0.3) is 0 Å². The highest BCUT2D eigenvalue weighted by Crippen LogP contribution is 2.25. The summed E-state index contributed by atoms with van der Waals surface area (Å²) in [4.78, 5) is 4.05. The van der Waals surface area contributed by atoms with Crippen molar-refractivity contribution >= 4 is 23.2 Å². The maximum Gasteiger partial charge on any atom is 0.0637 e. The third-order valence-electron chi connectivity index (χ3n) is 3.15. The Balaban J connectivity index is 2.22. The molecule has 0 aliphatic carbocycles. The standard InChI is InChI=1S/C16H18Cl2N2/c1-2-7-20-16(14-6-8-19-11-15(14)18)10-12-4-3-5-13(17)9-12/h3-6,8-9,11,16,20H,2,7,10H2,1H3. The zero-order valence-corrected chi connectivity index (χ0v) is 13.0. The number of rotatable bonds is 6. The summed E-state index contributed by atoms with van der Waals surface area (Å²) < 4.78 is 0. The molecule has 106 valence electrons. The zero-order valence-electron chi connectivity index (χ0n) is 11.4. The molecule has 0 saturated carbocycles. The van der Waals surface area contributed by atoms with Gasteiger partial charge in [-0.15, -0.1) is 0 Å². The van der Waals surface area contributed by atoms with E-state index in [1.807, 2.05) is 24.3 Å². The van der Waals surface area contributed by atoms with Gasteiger partial charge in [-0.1, -0.05) is 42.3 Å². The van der Waals surface area contributed by atoms with E-state index in [-0.39, 0.29) is 6.04 Å². The summed E-state index contributed by atoms with van der Waals surface area (Å²) in [7, 11) is 0. The SMILES string of the molecule is CCCNC(Cc1cccc(Cl)c1)c1ccncc1Cl. The maximum absolute atomic E-state index is 6.27. The van der Waals surface area contributed by atoms with E-state index in [1.54, 1.807) is 12.4 Å². The van der Waals surface area contributed by atoms with Crippen molar-refractivity contribution in [3.05, 3.63) is 63.9 Å². The van der Waals surface area contributed by atoms with Crippen molar-refractivity contribution in [3.8, 4) is 0 Å². The number of pyridine rings is 1. The number of benzene rings is 1. The highest BCUT2D eigenvalue weighted by molar-refractivity contribution is 6.31. The number of halogens is 2. The Morgan fingerprint density at radius 1 is 1.25 bits per heavy atom. The molecule has 20 heavy (non-hydrogen) atoms. The van der Waals surface area contributed by atoms with Crippen LogP contribution in [0.2, 0.25) is 10.0 Å². The second-order valence-electron chi connectivity index (χ2n) is 4.74. The Labute approximate surface area is 130 Å². The molecule has 1 aromatic heterocycles. The Morgan fingerprint density at radius 2 is 2.10 bits per heavy atom. The minimum Gasteiger partial charge on any atom is -0.310 e. The first-order chi connectivity index (χ1) is 9.70. The van der Waals surface area contributed by atoms with Crippen LogP contribution in [-0.4, -0.2) is 11.5 Å². The topological polar surface area (TPSA) is 24.9 Å². The fourth-order valence-electron chi connectivity index (χ4n) is 2.18. The van der Waals surface area contributed by atoms with Crippen LogP contribution in [0.1, 0.15) is 30.5 Å². The average Bonchev–Trinajstić information content (AvgIpc) is 2.44. The van der Waals surface area contributed by atoms with Gasteiger partial charge in [0.15, 0.2) is 0 Å². The van der Waals surface area contributed by atoms with E-state index in [4.69, 9.17) is 23.2 Å². The van der Waals surface area contributed by atoms with Crippen LogP contribution in [0.15, 0.2) is 42.7 Å². The molecule has 1 heterocycles. The van der Waals surface area contributed by atoms with E-state index in [0.29, 0.717) is 5.02 Å². The van der Waals surface area contributed by atoms with Crippen LogP contribution in [0.5, 0.6) is 0 Å². The molecule has 1 unspecified atom stereocenters. The second-order valence-corrected chi connectivity index (χ2v) is 5.58. The van der Waals surface area contributed by atoms with Gasteiger partial charge in [-0.3, -0.25) is 4.98 Å². The highest BCUT2D eigenvalue weighted by atomic mass is 35.5. The van der Waals surface area contributed by atoms with Crippen molar-refractivity contribution in [3.63, 3.8) is 0 Å². The lowest BCUT2D eigenvalue weighted by Crippen LogP contribution is -2.24. The number of aromatic nitrogens is 1. The van der Waals surface area contributed by atoms with E-state index in [0.717, 1.165) is 30.0 Å². The van der Waals surface area contributed by atoms with Crippen molar-refractivity contribution in [2.75, 3.05) is 6.54 Å².